The molecule has 0 aromatic heterocycles. The number of aliphatic imine (C=N–C) groups is 1. The van der Waals surface area contributed by atoms with E-state index in [0.29, 0.717) is 15.1 Å². The van der Waals surface area contributed by atoms with E-state index in [1.54, 1.807) is 31.4 Å². The van der Waals surface area contributed by atoms with Gasteiger partial charge in [0.2, 0.25) is 0 Å². The van der Waals surface area contributed by atoms with Crippen LogP contribution in [0.4, 0.5) is 5.69 Å². The number of nitrogens with zero attached hydrogens (tertiary/aromatic N) is 1. The molecule has 0 bridgehead atoms. The highest BCUT2D eigenvalue weighted by molar-refractivity contribution is 8.18. The number of amides is 1. The molecule has 0 spiro atoms. The van der Waals surface area contributed by atoms with E-state index in [9.17, 15) is 4.79 Å². The van der Waals surface area contributed by atoms with Gasteiger partial charge in [-0.3, -0.25) is 4.79 Å². The van der Waals surface area contributed by atoms with E-state index in [1.165, 1.54) is 11.8 Å². The molecule has 2 aromatic carbocycles. The molecule has 1 amide bonds. The van der Waals surface area contributed by atoms with Crippen molar-refractivity contribution in [3.63, 3.8) is 0 Å². The average Bonchev–Trinajstić information content (AvgIpc) is 2.89. The van der Waals surface area contributed by atoms with Crippen LogP contribution in [0.5, 0.6) is 5.75 Å². The number of hydrogen-bond acceptors (Lipinski definition) is 4. The second-order valence-corrected chi connectivity index (χ2v) is 6.20. The molecule has 2 aromatic rings. The van der Waals surface area contributed by atoms with Crippen LogP contribution in [-0.2, 0) is 4.79 Å². The lowest BCUT2D eigenvalue weighted by Gasteiger charge is -2.00. The van der Waals surface area contributed by atoms with Gasteiger partial charge < -0.3 is 10.1 Å². The number of halogens is 1. The molecule has 4 nitrogen and oxygen atoms in total. The predicted octanol–water partition coefficient (Wildman–Crippen LogP) is 4.24. The lowest BCUT2D eigenvalue weighted by molar-refractivity contribution is -0.115. The van der Waals surface area contributed by atoms with E-state index in [4.69, 9.17) is 16.3 Å². The molecule has 1 aliphatic heterocycles. The van der Waals surface area contributed by atoms with E-state index in [-0.39, 0.29) is 5.91 Å². The Labute approximate surface area is 143 Å². The topological polar surface area (TPSA) is 50.7 Å². The maximum absolute atomic E-state index is 12.1. The maximum Gasteiger partial charge on any atom is 0.264 e. The highest BCUT2D eigenvalue weighted by Crippen LogP contribution is 2.29. The van der Waals surface area contributed by atoms with Gasteiger partial charge in [-0.2, -0.15) is 0 Å². The molecular formula is C17H13ClN2O2S. The van der Waals surface area contributed by atoms with Gasteiger partial charge in [0.05, 0.1) is 17.7 Å². The minimum Gasteiger partial charge on any atom is -0.497 e. The van der Waals surface area contributed by atoms with Crippen LogP contribution in [0, 0.1) is 0 Å². The van der Waals surface area contributed by atoms with Crippen molar-refractivity contribution < 1.29 is 9.53 Å². The Bertz CT molecular complexity index is 800. The van der Waals surface area contributed by atoms with Gasteiger partial charge in [-0.1, -0.05) is 23.7 Å². The van der Waals surface area contributed by atoms with Crippen molar-refractivity contribution >= 4 is 46.2 Å². The van der Waals surface area contributed by atoms with Gasteiger partial charge in [0.15, 0.2) is 5.17 Å². The number of hydrogen-bond donors (Lipinski definition) is 1. The zero-order valence-corrected chi connectivity index (χ0v) is 13.8. The second-order valence-electron chi connectivity index (χ2n) is 4.73. The van der Waals surface area contributed by atoms with Crippen molar-refractivity contribution in [3.8, 4) is 5.75 Å². The molecule has 116 valence electrons. The van der Waals surface area contributed by atoms with Crippen LogP contribution in [0.2, 0.25) is 5.02 Å². The van der Waals surface area contributed by atoms with Gasteiger partial charge in [-0.15, -0.1) is 0 Å². The molecule has 0 unspecified atom stereocenters. The van der Waals surface area contributed by atoms with E-state index in [1.807, 2.05) is 30.3 Å². The van der Waals surface area contributed by atoms with Crippen LogP contribution >= 0.6 is 23.4 Å². The van der Waals surface area contributed by atoms with Crippen molar-refractivity contribution in [2.24, 2.45) is 4.99 Å². The summed E-state index contributed by atoms with van der Waals surface area (Å²) in [6.07, 6.45) is 1.81. The van der Waals surface area contributed by atoms with Crippen LogP contribution in [0.1, 0.15) is 5.56 Å². The summed E-state index contributed by atoms with van der Waals surface area (Å²) >= 11 is 7.15. The van der Waals surface area contributed by atoms with Crippen molar-refractivity contribution in [1.82, 2.24) is 5.32 Å². The van der Waals surface area contributed by atoms with E-state index >= 15 is 0 Å². The summed E-state index contributed by atoms with van der Waals surface area (Å²) in [5.74, 6) is 0.586. The lowest BCUT2D eigenvalue weighted by Crippen LogP contribution is -2.19. The molecule has 6 heteroatoms. The summed E-state index contributed by atoms with van der Waals surface area (Å²) in [5, 5.41) is 3.95. The molecular weight excluding hydrogens is 332 g/mol. The summed E-state index contributed by atoms with van der Waals surface area (Å²) in [7, 11) is 1.61. The highest BCUT2D eigenvalue weighted by atomic mass is 35.5. The zero-order valence-electron chi connectivity index (χ0n) is 12.2. The van der Waals surface area contributed by atoms with Crippen molar-refractivity contribution in [1.29, 1.82) is 0 Å². The summed E-state index contributed by atoms with van der Waals surface area (Å²) in [5.41, 5.74) is 1.63. The Morgan fingerprint density at radius 2 is 2.00 bits per heavy atom. The Morgan fingerprint density at radius 1 is 1.22 bits per heavy atom. The van der Waals surface area contributed by atoms with E-state index < -0.39 is 0 Å². The number of amidine groups is 1. The molecule has 23 heavy (non-hydrogen) atoms. The smallest absolute Gasteiger partial charge is 0.264 e. The molecule has 0 aliphatic carbocycles. The van der Waals surface area contributed by atoms with Gasteiger partial charge in [0.1, 0.15) is 5.75 Å². The molecule has 1 saturated heterocycles. The number of benzene rings is 2. The summed E-state index contributed by atoms with van der Waals surface area (Å²) in [4.78, 5) is 17.0. The molecule has 0 saturated carbocycles. The fourth-order valence-electron chi connectivity index (χ4n) is 2.00. The Balaban J connectivity index is 1.81. The number of thioether (sulfide) groups is 1. The van der Waals surface area contributed by atoms with Gasteiger partial charge in [-0.05, 0) is 59.8 Å². The maximum atomic E-state index is 12.1. The average molecular weight is 345 g/mol. The fraction of sp³-hybridized carbons (Fsp3) is 0.0588. The second kappa shape index (κ2) is 6.89. The minimum atomic E-state index is -0.162. The first-order chi connectivity index (χ1) is 11.1. The predicted molar refractivity (Wildman–Crippen MR) is 95.3 cm³/mol. The number of methoxy groups -OCH3 is 1. The quantitative estimate of drug-likeness (QED) is 0.847. The van der Waals surface area contributed by atoms with Crippen LogP contribution in [0.15, 0.2) is 58.4 Å². The Morgan fingerprint density at radius 3 is 2.74 bits per heavy atom. The molecule has 1 N–H and O–H groups in total. The molecule has 1 heterocycles. The minimum absolute atomic E-state index is 0.162. The van der Waals surface area contributed by atoms with Crippen molar-refractivity contribution in [3.05, 3.63) is 64.0 Å². The third kappa shape index (κ3) is 3.94. The molecule has 0 radical (unpaired) electrons. The van der Waals surface area contributed by atoms with E-state index in [2.05, 4.69) is 10.3 Å². The van der Waals surface area contributed by atoms with Crippen molar-refractivity contribution in [2.45, 2.75) is 0 Å². The van der Waals surface area contributed by atoms with Crippen LogP contribution < -0.4 is 10.1 Å². The molecule has 0 atom stereocenters. The number of carbonyl (C=O) groups excluding carboxylic acids is 1. The Hall–Kier alpha value is -2.24. The number of ether oxygens (including phenoxy) is 1. The third-order valence-electron chi connectivity index (χ3n) is 3.10. The zero-order chi connectivity index (χ0) is 16.2. The Kier molecular flexibility index (Phi) is 4.69. The van der Waals surface area contributed by atoms with Crippen molar-refractivity contribution in [2.75, 3.05) is 7.11 Å². The summed E-state index contributed by atoms with van der Waals surface area (Å²) in [6, 6.07) is 14.6. The number of rotatable bonds is 3. The van der Waals surface area contributed by atoms with Gasteiger partial charge in [0.25, 0.3) is 5.91 Å². The molecule has 1 fully saturated rings. The normalized spacial score (nSPS) is 17.6. The first-order valence-electron chi connectivity index (χ1n) is 6.83. The van der Waals surface area contributed by atoms with Crippen LogP contribution in [0.25, 0.3) is 6.08 Å². The monoisotopic (exact) mass is 344 g/mol. The first-order valence-corrected chi connectivity index (χ1v) is 8.03. The largest absolute Gasteiger partial charge is 0.497 e. The third-order valence-corrected chi connectivity index (χ3v) is 4.26. The molecule has 1 aliphatic rings. The van der Waals surface area contributed by atoms with Gasteiger partial charge in [0, 0.05) is 5.02 Å². The van der Waals surface area contributed by atoms with Crippen LogP contribution in [0.3, 0.4) is 0 Å². The lowest BCUT2D eigenvalue weighted by atomic mass is 10.2. The number of nitrogens with one attached hydrogen (secondary N) is 1. The van der Waals surface area contributed by atoms with Gasteiger partial charge >= 0.3 is 0 Å². The standard InChI is InChI=1S/C17H13ClN2O2S/c1-22-14-4-2-3-11(9-14)10-15-16(21)20-17(23-15)19-13-7-5-12(18)6-8-13/h2-10H,1H3,(H,19,20,21)/b15-10+. The highest BCUT2D eigenvalue weighted by Gasteiger charge is 2.23. The summed E-state index contributed by atoms with van der Waals surface area (Å²) < 4.78 is 5.18. The fourth-order valence-corrected chi connectivity index (χ4v) is 2.96. The SMILES string of the molecule is COc1cccc(/C=C2/SC(=Nc3ccc(Cl)cc3)NC2=O)c1. The molecule has 3 rings (SSSR count). The first kappa shape index (κ1) is 15.6. The van der Waals surface area contributed by atoms with E-state index in [0.717, 1.165) is 17.0 Å². The van der Waals surface area contributed by atoms with Gasteiger partial charge in [-0.25, -0.2) is 4.99 Å². The number of carbonyl (C=O) groups is 1. The van der Waals surface area contributed by atoms with Crippen LogP contribution in [-0.4, -0.2) is 18.2 Å². The summed E-state index contributed by atoms with van der Waals surface area (Å²) in [6.45, 7) is 0.